The van der Waals surface area contributed by atoms with E-state index in [0.29, 0.717) is 12.0 Å². The molecule has 0 amide bonds. The molecule has 2 N–H and O–H groups in total. The lowest BCUT2D eigenvalue weighted by atomic mass is 10.0. The molecule has 0 bridgehead atoms. The number of rotatable bonds is 4. The highest BCUT2D eigenvalue weighted by molar-refractivity contribution is 7.89. The fraction of sp³-hybridized carbons (Fsp3) is 0.538. The van der Waals surface area contributed by atoms with Gasteiger partial charge >= 0.3 is 0 Å². The van der Waals surface area contributed by atoms with Crippen molar-refractivity contribution in [1.29, 1.82) is 0 Å². The first-order valence-electron chi connectivity index (χ1n) is 6.08. The van der Waals surface area contributed by atoms with E-state index in [4.69, 9.17) is 5.73 Å². The van der Waals surface area contributed by atoms with Gasteiger partial charge in [0, 0.05) is 12.6 Å². The molecule has 108 valence electrons. The van der Waals surface area contributed by atoms with Crippen LogP contribution in [0.15, 0.2) is 17.0 Å². The van der Waals surface area contributed by atoms with Crippen LogP contribution in [-0.2, 0) is 10.0 Å². The average Bonchev–Trinajstić information content (AvgIpc) is 2.32. The third-order valence-corrected chi connectivity index (χ3v) is 5.86. The fourth-order valence-corrected chi connectivity index (χ4v) is 3.46. The third-order valence-electron chi connectivity index (χ3n) is 3.65. The number of nitrogens with zero attached hydrogens (tertiary/aromatic N) is 1. The van der Waals surface area contributed by atoms with Gasteiger partial charge in [0.25, 0.3) is 0 Å². The van der Waals surface area contributed by atoms with Gasteiger partial charge in [-0.25, -0.2) is 12.8 Å². The maximum atomic E-state index is 13.3. The van der Waals surface area contributed by atoms with Crippen molar-refractivity contribution in [3.8, 4) is 0 Å². The molecule has 0 aliphatic rings. The van der Waals surface area contributed by atoms with Gasteiger partial charge in [0.1, 0.15) is 5.82 Å². The lowest BCUT2D eigenvalue weighted by Crippen LogP contribution is -2.44. The summed E-state index contributed by atoms with van der Waals surface area (Å²) in [7, 11) is -2.17. The smallest absolute Gasteiger partial charge is 0.243 e. The van der Waals surface area contributed by atoms with E-state index in [1.165, 1.54) is 17.4 Å². The van der Waals surface area contributed by atoms with Gasteiger partial charge in [-0.3, -0.25) is 0 Å². The monoisotopic (exact) mass is 288 g/mol. The number of aryl methyl sites for hydroxylation is 1. The molecule has 0 unspecified atom stereocenters. The number of halogens is 1. The zero-order valence-electron chi connectivity index (χ0n) is 12.0. The first kappa shape index (κ1) is 15.9. The number of anilines is 1. The van der Waals surface area contributed by atoms with Crippen molar-refractivity contribution < 1.29 is 12.8 Å². The van der Waals surface area contributed by atoms with E-state index < -0.39 is 21.4 Å². The summed E-state index contributed by atoms with van der Waals surface area (Å²) >= 11 is 0. The summed E-state index contributed by atoms with van der Waals surface area (Å²) in [5.41, 5.74) is 5.14. The molecule has 0 saturated carbocycles. The van der Waals surface area contributed by atoms with Crippen molar-refractivity contribution in [3.63, 3.8) is 0 Å². The molecule has 0 aliphatic carbocycles. The molecule has 1 aromatic rings. The summed E-state index contributed by atoms with van der Waals surface area (Å²) in [5.74, 6) is -0.603. The highest BCUT2D eigenvalue weighted by Gasteiger charge is 2.33. The van der Waals surface area contributed by atoms with Crippen molar-refractivity contribution in [1.82, 2.24) is 4.31 Å². The lowest BCUT2D eigenvalue weighted by molar-refractivity contribution is 0.257. The van der Waals surface area contributed by atoms with E-state index in [1.54, 1.807) is 6.92 Å². The van der Waals surface area contributed by atoms with Crippen LogP contribution in [0.4, 0.5) is 10.1 Å². The van der Waals surface area contributed by atoms with Crippen LogP contribution in [0, 0.1) is 12.7 Å². The Balaban J connectivity index is 3.40. The largest absolute Gasteiger partial charge is 0.396 e. The zero-order chi connectivity index (χ0) is 15.0. The Morgan fingerprint density at radius 3 is 2.37 bits per heavy atom. The molecule has 0 radical (unpaired) electrons. The van der Waals surface area contributed by atoms with Crippen LogP contribution in [0.2, 0.25) is 0 Å². The van der Waals surface area contributed by atoms with Crippen LogP contribution < -0.4 is 5.73 Å². The second-order valence-electron chi connectivity index (χ2n) is 5.28. The maximum Gasteiger partial charge on any atom is 0.243 e. The maximum absolute atomic E-state index is 13.3. The van der Waals surface area contributed by atoms with E-state index in [2.05, 4.69) is 0 Å². The van der Waals surface area contributed by atoms with Crippen molar-refractivity contribution in [2.75, 3.05) is 12.8 Å². The van der Waals surface area contributed by atoms with Gasteiger partial charge in [-0.05, 0) is 44.9 Å². The SMILES string of the molecule is CCC(C)(C)N(C)S(=O)(=O)c1cc(N)c(F)cc1C. The molecule has 0 heterocycles. The summed E-state index contributed by atoms with van der Waals surface area (Å²) < 4.78 is 39.8. The van der Waals surface area contributed by atoms with Crippen LogP contribution in [-0.4, -0.2) is 25.3 Å². The molecular weight excluding hydrogens is 267 g/mol. The Kier molecular flexibility index (Phi) is 4.27. The van der Waals surface area contributed by atoms with Crippen LogP contribution >= 0.6 is 0 Å². The first-order valence-corrected chi connectivity index (χ1v) is 7.52. The van der Waals surface area contributed by atoms with Crippen molar-refractivity contribution >= 4 is 15.7 Å². The van der Waals surface area contributed by atoms with E-state index >= 15 is 0 Å². The number of sulfonamides is 1. The highest BCUT2D eigenvalue weighted by Crippen LogP contribution is 2.29. The van der Waals surface area contributed by atoms with E-state index in [9.17, 15) is 12.8 Å². The van der Waals surface area contributed by atoms with E-state index in [1.807, 2.05) is 20.8 Å². The van der Waals surface area contributed by atoms with Crippen LogP contribution in [0.25, 0.3) is 0 Å². The number of hydrogen-bond donors (Lipinski definition) is 1. The summed E-state index contributed by atoms with van der Waals surface area (Å²) in [5, 5.41) is 0. The number of nitrogens with two attached hydrogens (primary N) is 1. The quantitative estimate of drug-likeness (QED) is 0.866. The Hall–Kier alpha value is -1.14. The van der Waals surface area contributed by atoms with Crippen LogP contribution in [0.5, 0.6) is 0 Å². The van der Waals surface area contributed by atoms with Gasteiger partial charge in [-0.1, -0.05) is 6.92 Å². The molecule has 0 aliphatic heterocycles. The third kappa shape index (κ3) is 2.90. The molecular formula is C13H21FN2O2S. The summed E-state index contributed by atoms with van der Waals surface area (Å²) in [6, 6.07) is 2.33. The second kappa shape index (κ2) is 5.09. The summed E-state index contributed by atoms with van der Waals surface area (Å²) in [4.78, 5) is 0.0513. The van der Waals surface area contributed by atoms with Gasteiger partial charge in [0.05, 0.1) is 10.6 Å². The van der Waals surface area contributed by atoms with Crippen molar-refractivity contribution in [2.24, 2.45) is 0 Å². The fourth-order valence-electron chi connectivity index (χ4n) is 1.64. The number of nitrogen functional groups attached to an aromatic ring is 1. The molecule has 0 atom stereocenters. The van der Waals surface area contributed by atoms with Gasteiger partial charge in [0.15, 0.2) is 0 Å². The van der Waals surface area contributed by atoms with Gasteiger partial charge < -0.3 is 5.73 Å². The van der Waals surface area contributed by atoms with E-state index in [-0.39, 0.29) is 10.6 Å². The van der Waals surface area contributed by atoms with Gasteiger partial charge in [0.2, 0.25) is 10.0 Å². The molecule has 4 nitrogen and oxygen atoms in total. The molecule has 19 heavy (non-hydrogen) atoms. The summed E-state index contributed by atoms with van der Waals surface area (Å²) in [6.45, 7) is 7.15. The molecule has 1 aromatic carbocycles. The molecule has 0 saturated heterocycles. The number of benzene rings is 1. The Bertz CT molecular complexity index is 583. The Morgan fingerprint density at radius 1 is 1.37 bits per heavy atom. The highest BCUT2D eigenvalue weighted by atomic mass is 32.2. The van der Waals surface area contributed by atoms with Crippen molar-refractivity contribution in [3.05, 3.63) is 23.5 Å². The van der Waals surface area contributed by atoms with Crippen molar-refractivity contribution in [2.45, 2.75) is 44.6 Å². The minimum atomic E-state index is -3.69. The molecule has 0 aromatic heterocycles. The first-order chi connectivity index (χ1) is 8.54. The van der Waals surface area contributed by atoms with E-state index in [0.717, 1.165) is 6.07 Å². The summed E-state index contributed by atoms with van der Waals surface area (Å²) in [6.07, 6.45) is 0.665. The predicted octanol–water partition coefficient (Wildman–Crippen LogP) is 2.53. The van der Waals surface area contributed by atoms with Gasteiger partial charge in [-0.15, -0.1) is 0 Å². The second-order valence-corrected chi connectivity index (χ2v) is 7.22. The molecule has 6 heteroatoms. The predicted molar refractivity (Wildman–Crippen MR) is 74.9 cm³/mol. The molecule has 1 rings (SSSR count). The Morgan fingerprint density at radius 2 is 1.89 bits per heavy atom. The standard InChI is InChI=1S/C13H21FN2O2S/c1-6-13(3,4)16(5)19(17,18)12-8-11(15)10(14)7-9(12)2/h7-8H,6,15H2,1-5H3. The molecule has 0 spiro atoms. The minimum Gasteiger partial charge on any atom is -0.396 e. The zero-order valence-corrected chi connectivity index (χ0v) is 12.8. The topological polar surface area (TPSA) is 63.4 Å². The number of hydrogen-bond acceptors (Lipinski definition) is 3. The minimum absolute atomic E-state index is 0.0513. The normalized spacial score (nSPS) is 13.0. The molecule has 0 fully saturated rings. The van der Waals surface area contributed by atoms with Gasteiger partial charge in [-0.2, -0.15) is 4.31 Å². The Labute approximate surface area is 114 Å². The lowest BCUT2D eigenvalue weighted by Gasteiger charge is -2.34. The average molecular weight is 288 g/mol. The van der Waals surface area contributed by atoms with Crippen LogP contribution in [0.1, 0.15) is 32.8 Å². The van der Waals surface area contributed by atoms with Crippen LogP contribution in [0.3, 0.4) is 0 Å².